The summed E-state index contributed by atoms with van der Waals surface area (Å²) in [7, 11) is -2.31. The number of hydrogen-bond donors (Lipinski definition) is 1. The van der Waals surface area contributed by atoms with Gasteiger partial charge in [0.15, 0.2) is 15.6 Å². The Morgan fingerprint density at radius 2 is 1.92 bits per heavy atom. The Bertz CT molecular complexity index is 1100. The zero-order valence-electron chi connectivity index (χ0n) is 14.8. The molecule has 3 aromatic rings. The third-order valence-corrected chi connectivity index (χ3v) is 6.57. The van der Waals surface area contributed by atoms with Gasteiger partial charge in [0, 0.05) is 11.1 Å². The van der Waals surface area contributed by atoms with E-state index in [1.807, 2.05) is 0 Å². The lowest BCUT2D eigenvalue weighted by atomic mass is 10.1. The molecule has 3 heterocycles. The number of anilines is 1. The molecule has 3 aromatic heterocycles. The highest BCUT2D eigenvalue weighted by molar-refractivity contribution is 7.92. The molecule has 9 heteroatoms. The molecule has 26 heavy (non-hydrogen) atoms. The van der Waals surface area contributed by atoms with Crippen LogP contribution >= 0.6 is 0 Å². The van der Waals surface area contributed by atoms with Crippen molar-refractivity contribution in [1.82, 2.24) is 14.6 Å². The average molecular weight is 378 g/mol. The molecule has 0 spiro atoms. The number of pyridine rings is 2. The van der Waals surface area contributed by atoms with Crippen molar-refractivity contribution in [2.45, 2.75) is 30.4 Å². The van der Waals surface area contributed by atoms with Crippen molar-refractivity contribution in [3.63, 3.8) is 0 Å². The average Bonchev–Trinajstić information content (AvgIpc) is 2.95. The van der Waals surface area contributed by atoms with Gasteiger partial charge in [0.25, 0.3) is 0 Å². The first-order chi connectivity index (χ1) is 12.1. The highest BCUT2D eigenvalue weighted by Crippen LogP contribution is 2.35. The topological polar surface area (TPSA) is 99.6 Å². The van der Waals surface area contributed by atoms with Crippen molar-refractivity contribution in [1.29, 1.82) is 0 Å². The van der Waals surface area contributed by atoms with Crippen LogP contribution in [0, 0.1) is 5.95 Å². The Labute approximate surface area is 150 Å². The molecule has 0 saturated heterocycles. The maximum absolute atomic E-state index is 14.2. The van der Waals surface area contributed by atoms with E-state index < -0.39 is 20.5 Å². The van der Waals surface area contributed by atoms with Gasteiger partial charge in [-0.2, -0.15) is 9.49 Å². The summed E-state index contributed by atoms with van der Waals surface area (Å²) >= 11 is 0. The number of nitrogen functional groups attached to an aromatic ring is 1. The van der Waals surface area contributed by atoms with Gasteiger partial charge in [-0.3, -0.25) is 0 Å². The Morgan fingerprint density at radius 1 is 1.23 bits per heavy atom. The highest BCUT2D eigenvalue weighted by atomic mass is 32.2. The molecule has 3 rings (SSSR count). The van der Waals surface area contributed by atoms with Crippen LogP contribution in [0.5, 0.6) is 5.75 Å². The second-order valence-corrected chi connectivity index (χ2v) is 9.46. The fourth-order valence-electron chi connectivity index (χ4n) is 2.54. The molecule has 7 nitrogen and oxygen atoms in total. The van der Waals surface area contributed by atoms with E-state index >= 15 is 0 Å². The van der Waals surface area contributed by atoms with Crippen LogP contribution < -0.4 is 10.5 Å². The lowest BCUT2D eigenvalue weighted by Gasteiger charge is -2.21. The van der Waals surface area contributed by atoms with Crippen LogP contribution in [-0.2, 0) is 9.84 Å². The Hall–Kier alpha value is -2.68. The number of nitrogens with two attached hydrogens (primary N) is 1. The van der Waals surface area contributed by atoms with Crippen molar-refractivity contribution in [2.24, 2.45) is 0 Å². The van der Waals surface area contributed by atoms with E-state index in [2.05, 4.69) is 10.1 Å². The summed E-state index contributed by atoms with van der Waals surface area (Å²) in [5, 5.41) is 4.17. The lowest BCUT2D eigenvalue weighted by Crippen LogP contribution is -2.28. The largest absolute Gasteiger partial charge is 0.494 e. The zero-order valence-corrected chi connectivity index (χ0v) is 15.6. The van der Waals surface area contributed by atoms with Crippen LogP contribution in [-0.4, -0.2) is 34.9 Å². The normalized spacial score (nSPS) is 12.5. The van der Waals surface area contributed by atoms with E-state index in [1.165, 1.54) is 42.2 Å². The number of ether oxygens (including phenoxy) is 1. The standard InChI is InChI=1S/C17H19FN4O3S/c1-17(2,3)26(23,24)14-7-12-11(8-20-22(12)9-13(14)25-4)10-5-6-15(19)21-16(10)18/h5-9H,1-4H3,(H2,19,21). The van der Waals surface area contributed by atoms with Gasteiger partial charge in [-0.05, 0) is 39.0 Å². The van der Waals surface area contributed by atoms with Crippen LogP contribution in [0.2, 0.25) is 0 Å². The molecule has 0 atom stereocenters. The Morgan fingerprint density at radius 3 is 2.50 bits per heavy atom. The summed E-state index contributed by atoms with van der Waals surface area (Å²) in [6, 6.07) is 4.40. The number of methoxy groups -OCH3 is 1. The predicted molar refractivity (Wildman–Crippen MR) is 96.3 cm³/mol. The van der Waals surface area contributed by atoms with Crippen molar-refractivity contribution >= 4 is 21.2 Å². The fraction of sp³-hybridized carbons (Fsp3) is 0.294. The van der Waals surface area contributed by atoms with E-state index in [0.717, 1.165) is 0 Å². The van der Waals surface area contributed by atoms with Gasteiger partial charge < -0.3 is 10.5 Å². The minimum Gasteiger partial charge on any atom is -0.494 e. The molecule has 0 fully saturated rings. The second kappa shape index (κ2) is 5.94. The molecule has 0 aliphatic carbocycles. The summed E-state index contributed by atoms with van der Waals surface area (Å²) < 4.78 is 45.8. The minimum absolute atomic E-state index is 0.0190. The highest BCUT2D eigenvalue weighted by Gasteiger charge is 2.34. The second-order valence-electron chi connectivity index (χ2n) is 6.78. The molecule has 138 valence electrons. The molecule has 0 bridgehead atoms. The van der Waals surface area contributed by atoms with Crippen LogP contribution in [0.3, 0.4) is 0 Å². The molecule has 0 unspecified atom stereocenters. The van der Waals surface area contributed by atoms with Gasteiger partial charge >= 0.3 is 0 Å². The SMILES string of the molecule is COc1cn2ncc(-c3ccc(N)nc3F)c2cc1S(=O)(=O)C(C)(C)C. The molecular formula is C17H19FN4O3S. The molecule has 0 amide bonds. The molecule has 0 radical (unpaired) electrons. The minimum atomic E-state index is -3.70. The van der Waals surface area contributed by atoms with Crippen molar-refractivity contribution in [2.75, 3.05) is 12.8 Å². The van der Waals surface area contributed by atoms with Crippen LogP contribution in [0.4, 0.5) is 10.2 Å². The van der Waals surface area contributed by atoms with Crippen molar-refractivity contribution in [3.8, 4) is 16.9 Å². The first-order valence-electron chi connectivity index (χ1n) is 7.78. The van der Waals surface area contributed by atoms with E-state index in [1.54, 1.807) is 20.8 Å². The number of halogens is 1. The van der Waals surface area contributed by atoms with Gasteiger partial charge in [0.05, 0.1) is 29.8 Å². The summed E-state index contributed by atoms with van der Waals surface area (Å²) in [5.41, 5.74) is 6.49. The number of fused-ring (bicyclic) bond motifs is 1. The van der Waals surface area contributed by atoms with Crippen LogP contribution in [0.1, 0.15) is 20.8 Å². The third kappa shape index (κ3) is 2.78. The zero-order chi connectivity index (χ0) is 19.3. The summed E-state index contributed by atoms with van der Waals surface area (Å²) in [5.74, 6) is -0.533. The Balaban J connectivity index is 2.32. The number of sulfone groups is 1. The van der Waals surface area contributed by atoms with Crippen LogP contribution in [0.25, 0.3) is 16.6 Å². The molecule has 0 saturated carbocycles. The summed E-state index contributed by atoms with van der Waals surface area (Å²) in [6.07, 6.45) is 2.90. The van der Waals surface area contributed by atoms with Gasteiger partial charge in [0.1, 0.15) is 10.7 Å². The number of rotatable bonds is 3. The van der Waals surface area contributed by atoms with Crippen molar-refractivity contribution < 1.29 is 17.5 Å². The quantitative estimate of drug-likeness (QED) is 0.704. The lowest BCUT2D eigenvalue weighted by molar-refractivity contribution is 0.398. The van der Waals surface area contributed by atoms with Gasteiger partial charge in [-0.15, -0.1) is 0 Å². The van der Waals surface area contributed by atoms with E-state index in [9.17, 15) is 12.8 Å². The van der Waals surface area contributed by atoms with Crippen molar-refractivity contribution in [3.05, 3.63) is 36.5 Å². The molecule has 0 aromatic carbocycles. The fourth-order valence-corrected chi connectivity index (χ4v) is 3.87. The van der Waals surface area contributed by atoms with Gasteiger partial charge in [-0.25, -0.2) is 17.9 Å². The molecule has 2 N–H and O–H groups in total. The smallest absolute Gasteiger partial charge is 0.222 e. The maximum atomic E-state index is 14.2. The van der Waals surface area contributed by atoms with Gasteiger partial charge in [-0.1, -0.05) is 0 Å². The number of aromatic nitrogens is 3. The monoisotopic (exact) mass is 378 g/mol. The van der Waals surface area contributed by atoms with E-state index in [0.29, 0.717) is 11.1 Å². The molecule has 0 aliphatic heterocycles. The van der Waals surface area contributed by atoms with Gasteiger partial charge in [0.2, 0.25) is 5.95 Å². The summed E-state index contributed by atoms with van der Waals surface area (Å²) in [4.78, 5) is 3.63. The number of hydrogen-bond acceptors (Lipinski definition) is 6. The van der Waals surface area contributed by atoms with Crippen LogP contribution in [0.15, 0.2) is 35.5 Å². The predicted octanol–water partition coefficient (Wildman–Crippen LogP) is 2.70. The summed E-state index contributed by atoms with van der Waals surface area (Å²) in [6.45, 7) is 4.81. The number of nitrogens with zero attached hydrogens (tertiary/aromatic N) is 3. The van der Waals surface area contributed by atoms with E-state index in [-0.39, 0.29) is 22.0 Å². The van der Waals surface area contributed by atoms with E-state index in [4.69, 9.17) is 10.5 Å². The third-order valence-electron chi connectivity index (χ3n) is 4.06. The Kier molecular flexibility index (Phi) is 4.14. The first kappa shape index (κ1) is 18.1. The molecular weight excluding hydrogens is 359 g/mol. The molecule has 0 aliphatic rings. The maximum Gasteiger partial charge on any atom is 0.222 e. The first-order valence-corrected chi connectivity index (χ1v) is 9.27.